The predicted molar refractivity (Wildman–Crippen MR) is 89.6 cm³/mol. The fraction of sp³-hybridized carbons (Fsp3) is 0.333. The van der Waals surface area contributed by atoms with Gasteiger partial charge in [0.05, 0.1) is 16.7 Å². The number of hydrogen-bond donors (Lipinski definition) is 2. The Balaban J connectivity index is 1.99. The second-order valence-electron chi connectivity index (χ2n) is 6.57. The number of benzene rings is 1. The fourth-order valence-corrected chi connectivity index (χ4v) is 2.99. The first kappa shape index (κ1) is 16.7. The average Bonchev–Trinajstić information content (AvgIpc) is 2.80. The van der Waals surface area contributed by atoms with Gasteiger partial charge in [-0.15, -0.1) is 6.42 Å². The van der Waals surface area contributed by atoms with Crippen LogP contribution in [-0.4, -0.2) is 40.1 Å². The highest BCUT2D eigenvalue weighted by molar-refractivity contribution is 6.25. The van der Waals surface area contributed by atoms with Gasteiger partial charge < -0.3 is 5.32 Å². The van der Waals surface area contributed by atoms with Crippen LogP contribution < -0.4 is 10.6 Å². The van der Waals surface area contributed by atoms with E-state index in [1.165, 1.54) is 6.07 Å². The summed E-state index contributed by atoms with van der Waals surface area (Å²) in [6.07, 6.45) is 5.68. The van der Waals surface area contributed by atoms with E-state index in [9.17, 15) is 19.2 Å². The van der Waals surface area contributed by atoms with Crippen molar-refractivity contribution in [1.29, 1.82) is 0 Å². The van der Waals surface area contributed by atoms with Gasteiger partial charge in [0.25, 0.3) is 11.8 Å². The minimum Gasteiger partial charge on any atom is -0.369 e. The van der Waals surface area contributed by atoms with E-state index in [1.54, 1.807) is 26.0 Å². The Morgan fingerprint density at radius 3 is 2.60 bits per heavy atom. The molecule has 1 unspecified atom stereocenters. The highest BCUT2D eigenvalue weighted by Crippen LogP contribution is 2.33. The lowest BCUT2D eigenvalue weighted by Gasteiger charge is -2.28. The van der Waals surface area contributed by atoms with E-state index in [2.05, 4.69) is 16.6 Å². The summed E-state index contributed by atoms with van der Waals surface area (Å²) >= 11 is 0. The maximum atomic E-state index is 12.9. The van der Waals surface area contributed by atoms with Crippen molar-refractivity contribution < 1.29 is 19.2 Å². The molecule has 2 aliphatic heterocycles. The molecule has 1 aromatic rings. The Bertz CT molecular complexity index is 850. The van der Waals surface area contributed by atoms with Crippen LogP contribution in [0.15, 0.2) is 18.2 Å². The van der Waals surface area contributed by atoms with Gasteiger partial charge in [-0.05, 0) is 32.4 Å². The van der Waals surface area contributed by atoms with Crippen molar-refractivity contribution in [3.8, 4) is 12.3 Å². The van der Waals surface area contributed by atoms with E-state index < -0.39 is 35.2 Å². The molecule has 0 saturated carbocycles. The third-order valence-electron chi connectivity index (χ3n) is 4.28. The number of anilines is 1. The fourth-order valence-electron chi connectivity index (χ4n) is 2.99. The molecule has 1 atom stereocenters. The summed E-state index contributed by atoms with van der Waals surface area (Å²) in [7, 11) is 0. The molecule has 7 nitrogen and oxygen atoms in total. The van der Waals surface area contributed by atoms with Crippen LogP contribution in [0.25, 0.3) is 0 Å². The molecule has 0 aromatic heterocycles. The van der Waals surface area contributed by atoms with Crippen molar-refractivity contribution >= 4 is 29.3 Å². The van der Waals surface area contributed by atoms with Crippen LogP contribution in [0.5, 0.6) is 0 Å². The van der Waals surface area contributed by atoms with Gasteiger partial charge >= 0.3 is 0 Å². The van der Waals surface area contributed by atoms with Gasteiger partial charge in [0.15, 0.2) is 0 Å². The minimum atomic E-state index is -0.987. The minimum absolute atomic E-state index is 0.0824. The van der Waals surface area contributed by atoms with E-state index in [0.29, 0.717) is 5.69 Å². The lowest BCUT2D eigenvalue weighted by molar-refractivity contribution is -0.136. The first-order valence-corrected chi connectivity index (χ1v) is 7.86. The third kappa shape index (κ3) is 2.76. The number of carbonyl (C=O) groups is 4. The van der Waals surface area contributed by atoms with Crippen LogP contribution in [0.1, 0.15) is 47.4 Å². The molecule has 2 heterocycles. The summed E-state index contributed by atoms with van der Waals surface area (Å²) in [5.41, 5.74) is 0.127. The van der Waals surface area contributed by atoms with Crippen LogP contribution in [0.2, 0.25) is 0 Å². The second kappa shape index (κ2) is 5.74. The summed E-state index contributed by atoms with van der Waals surface area (Å²) in [5.74, 6) is 0.420. The van der Waals surface area contributed by atoms with E-state index >= 15 is 0 Å². The number of fused-ring (bicyclic) bond motifs is 1. The Labute approximate surface area is 144 Å². The monoisotopic (exact) mass is 339 g/mol. The lowest BCUT2D eigenvalue weighted by atomic mass is 10.0. The molecule has 0 bridgehead atoms. The molecule has 0 aliphatic carbocycles. The third-order valence-corrected chi connectivity index (χ3v) is 4.28. The molecule has 1 aromatic carbocycles. The van der Waals surface area contributed by atoms with Gasteiger partial charge in [0.2, 0.25) is 11.8 Å². The van der Waals surface area contributed by atoms with Crippen LogP contribution in [0.3, 0.4) is 0 Å². The number of nitrogens with one attached hydrogen (secondary N) is 2. The maximum absolute atomic E-state index is 12.9. The largest absolute Gasteiger partial charge is 0.369 e. The van der Waals surface area contributed by atoms with Gasteiger partial charge in [0.1, 0.15) is 6.04 Å². The van der Waals surface area contributed by atoms with Crippen molar-refractivity contribution in [2.75, 3.05) is 5.32 Å². The topological polar surface area (TPSA) is 95.6 Å². The number of imide groups is 2. The van der Waals surface area contributed by atoms with Crippen molar-refractivity contribution in [3.05, 3.63) is 29.3 Å². The molecule has 7 heteroatoms. The molecule has 1 fully saturated rings. The van der Waals surface area contributed by atoms with Gasteiger partial charge in [-0.1, -0.05) is 12.0 Å². The molecule has 0 spiro atoms. The zero-order valence-electron chi connectivity index (χ0n) is 13.9. The predicted octanol–water partition coefficient (Wildman–Crippen LogP) is 0.911. The van der Waals surface area contributed by atoms with Crippen LogP contribution >= 0.6 is 0 Å². The lowest BCUT2D eigenvalue weighted by Crippen LogP contribution is -2.54. The van der Waals surface area contributed by atoms with Gasteiger partial charge in [-0.25, -0.2) is 0 Å². The summed E-state index contributed by atoms with van der Waals surface area (Å²) < 4.78 is 0. The smallest absolute Gasteiger partial charge is 0.264 e. The zero-order chi connectivity index (χ0) is 18.4. The van der Waals surface area contributed by atoms with Crippen LogP contribution in [0, 0.1) is 12.3 Å². The number of rotatable bonds is 3. The molecule has 3 rings (SSSR count). The highest BCUT2D eigenvalue weighted by Gasteiger charge is 2.45. The molecule has 25 heavy (non-hydrogen) atoms. The average molecular weight is 339 g/mol. The van der Waals surface area contributed by atoms with E-state index in [0.717, 1.165) is 4.90 Å². The van der Waals surface area contributed by atoms with Gasteiger partial charge in [0, 0.05) is 12.1 Å². The Hall–Kier alpha value is -3.14. The molecule has 1 saturated heterocycles. The molecular weight excluding hydrogens is 322 g/mol. The van der Waals surface area contributed by atoms with Crippen molar-refractivity contribution in [1.82, 2.24) is 10.2 Å². The Morgan fingerprint density at radius 2 is 1.96 bits per heavy atom. The van der Waals surface area contributed by atoms with E-state index in [-0.39, 0.29) is 24.0 Å². The van der Waals surface area contributed by atoms with Gasteiger partial charge in [-0.2, -0.15) is 0 Å². The van der Waals surface area contributed by atoms with Crippen molar-refractivity contribution in [3.63, 3.8) is 0 Å². The molecule has 128 valence electrons. The number of carbonyl (C=O) groups excluding carboxylic acids is 4. The number of amides is 4. The quantitative estimate of drug-likeness (QED) is 0.630. The van der Waals surface area contributed by atoms with Crippen LogP contribution in [-0.2, 0) is 9.59 Å². The Morgan fingerprint density at radius 1 is 1.24 bits per heavy atom. The van der Waals surface area contributed by atoms with E-state index in [4.69, 9.17) is 6.42 Å². The number of terminal acetylenes is 1. The SMILES string of the molecule is C#CC(C)(C)Nc1cccc2c1C(=O)N(C1CCC(=O)NC1=O)C2=O. The summed E-state index contributed by atoms with van der Waals surface area (Å²) in [6, 6.07) is 3.86. The molecule has 0 radical (unpaired) electrons. The molecule has 4 amide bonds. The summed E-state index contributed by atoms with van der Waals surface area (Å²) in [5, 5.41) is 5.24. The highest BCUT2D eigenvalue weighted by atomic mass is 16.2. The first-order chi connectivity index (χ1) is 11.7. The Kier molecular flexibility index (Phi) is 3.84. The first-order valence-electron chi connectivity index (χ1n) is 7.86. The normalized spacial score (nSPS) is 20.2. The number of nitrogens with zero attached hydrogens (tertiary/aromatic N) is 1. The van der Waals surface area contributed by atoms with Crippen molar-refractivity contribution in [2.45, 2.75) is 38.3 Å². The summed E-state index contributed by atoms with van der Waals surface area (Å²) in [6.45, 7) is 3.54. The number of piperidine rings is 1. The second-order valence-corrected chi connectivity index (χ2v) is 6.57. The maximum Gasteiger partial charge on any atom is 0.264 e. The standard InChI is InChI=1S/C18H17N3O4/c1-4-18(2,3)20-11-7-5-6-10-14(11)17(25)21(16(10)24)12-8-9-13(22)19-15(12)23/h1,5-7,12,20H,8-9H2,2-3H3,(H,19,22,23). The molecular formula is C18H17N3O4. The summed E-state index contributed by atoms with van der Waals surface area (Å²) in [4.78, 5) is 49.9. The molecule has 2 aliphatic rings. The van der Waals surface area contributed by atoms with Crippen molar-refractivity contribution in [2.24, 2.45) is 0 Å². The number of hydrogen-bond acceptors (Lipinski definition) is 5. The van der Waals surface area contributed by atoms with E-state index in [1.807, 2.05) is 0 Å². The molecule has 2 N–H and O–H groups in total. The van der Waals surface area contributed by atoms with Crippen LogP contribution in [0.4, 0.5) is 5.69 Å². The zero-order valence-corrected chi connectivity index (χ0v) is 13.9. The van der Waals surface area contributed by atoms with Gasteiger partial charge in [-0.3, -0.25) is 29.4 Å².